The molecule has 0 atom stereocenters. The largest absolute Gasteiger partial charge is 0.341 e. The fourth-order valence-electron chi connectivity index (χ4n) is 1.72. The van der Waals surface area contributed by atoms with Crippen LogP contribution < -0.4 is 15.4 Å². The van der Waals surface area contributed by atoms with Gasteiger partial charge in [0.25, 0.3) is 10.0 Å². The number of amides is 2. The van der Waals surface area contributed by atoms with E-state index in [1.165, 1.54) is 31.3 Å². The Labute approximate surface area is 147 Å². The van der Waals surface area contributed by atoms with Gasteiger partial charge in [-0.05, 0) is 42.5 Å². The van der Waals surface area contributed by atoms with E-state index >= 15 is 0 Å². The molecule has 6 nitrogen and oxygen atoms in total. The van der Waals surface area contributed by atoms with Crippen LogP contribution in [0.25, 0.3) is 0 Å². The third kappa shape index (κ3) is 4.60. The van der Waals surface area contributed by atoms with Gasteiger partial charge in [-0.2, -0.15) is 0 Å². The van der Waals surface area contributed by atoms with Crippen LogP contribution >= 0.6 is 27.5 Å². The van der Waals surface area contributed by atoms with E-state index < -0.39 is 10.0 Å². The van der Waals surface area contributed by atoms with E-state index in [0.29, 0.717) is 15.8 Å². The van der Waals surface area contributed by atoms with Crippen LogP contribution in [0.2, 0.25) is 5.02 Å². The molecule has 0 spiro atoms. The molecule has 2 amide bonds. The topological polar surface area (TPSA) is 87.3 Å². The average Bonchev–Trinajstić information content (AvgIpc) is 2.48. The number of hydrogen-bond donors (Lipinski definition) is 3. The number of sulfonamides is 1. The summed E-state index contributed by atoms with van der Waals surface area (Å²) in [6, 6.07) is 10.4. The van der Waals surface area contributed by atoms with Gasteiger partial charge in [-0.1, -0.05) is 27.5 Å². The molecule has 122 valence electrons. The van der Waals surface area contributed by atoms with Gasteiger partial charge in [0.05, 0.1) is 5.02 Å². The van der Waals surface area contributed by atoms with E-state index in [1.54, 1.807) is 18.2 Å². The van der Waals surface area contributed by atoms with Gasteiger partial charge in [0.15, 0.2) is 0 Å². The molecular weight excluding hydrogens is 406 g/mol. The molecule has 0 aromatic heterocycles. The number of urea groups is 1. The lowest BCUT2D eigenvalue weighted by Gasteiger charge is -2.10. The highest BCUT2D eigenvalue weighted by atomic mass is 79.9. The number of rotatable bonds is 4. The molecule has 3 N–H and O–H groups in total. The summed E-state index contributed by atoms with van der Waals surface area (Å²) >= 11 is 9.20. The lowest BCUT2D eigenvalue weighted by molar-refractivity contribution is 0.254. The first kappa shape index (κ1) is 17.6. The summed E-state index contributed by atoms with van der Waals surface area (Å²) in [5, 5.41) is 5.11. The van der Waals surface area contributed by atoms with Crippen molar-refractivity contribution in [3.8, 4) is 0 Å². The highest BCUT2D eigenvalue weighted by Crippen LogP contribution is 2.27. The Balaban J connectivity index is 2.19. The number of anilines is 2. The lowest BCUT2D eigenvalue weighted by atomic mass is 10.3. The van der Waals surface area contributed by atoms with E-state index in [2.05, 4.69) is 31.3 Å². The van der Waals surface area contributed by atoms with Crippen molar-refractivity contribution in [2.75, 3.05) is 17.1 Å². The second kappa shape index (κ2) is 7.20. The molecule has 0 aliphatic heterocycles. The van der Waals surface area contributed by atoms with Crippen molar-refractivity contribution in [3.05, 3.63) is 52.0 Å². The lowest BCUT2D eigenvalue weighted by Crippen LogP contribution is -2.24. The molecule has 2 rings (SSSR count). The Morgan fingerprint density at radius 1 is 1.09 bits per heavy atom. The monoisotopic (exact) mass is 417 g/mol. The van der Waals surface area contributed by atoms with Gasteiger partial charge in [0.1, 0.15) is 4.90 Å². The van der Waals surface area contributed by atoms with Crippen molar-refractivity contribution in [3.63, 3.8) is 0 Å². The number of carbonyl (C=O) groups is 1. The molecule has 23 heavy (non-hydrogen) atoms. The van der Waals surface area contributed by atoms with Crippen molar-refractivity contribution in [1.82, 2.24) is 5.32 Å². The molecule has 0 bridgehead atoms. The van der Waals surface area contributed by atoms with E-state index in [4.69, 9.17) is 11.6 Å². The average molecular weight is 419 g/mol. The van der Waals surface area contributed by atoms with E-state index in [-0.39, 0.29) is 15.9 Å². The highest BCUT2D eigenvalue weighted by Gasteiger charge is 2.18. The molecule has 2 aromatic carbocycles. The van der Waals surface area contributed by atoms with E-state index in [0.717, 1.165) is 0 Å². The first-order valence-electron chi connectivity index (χ1n) is 6.38. The Bertz CT molecular complexity index is 826. The molecule has 0 unspecified atom stereocenters. The van der Waals surface area contributed by atoms with Crippen LogP contribution in [0.15, 0.2) is 51.8 Å². The number of benzene rings is 2. The second-order valence-electron chi connectivity index (χ2n) is 4.46. The Morgan fingerprint density at radius 2 is 1.70 bits per heavy atom. The summed E-state index contributed by atoms with van der Waals surface area (Å²) in [6.07, 6.45) is 0. The second-order valence-corrected chi connectivity index (χ2v) is 7.44. The van der Waals surface area contributed by atoms with Crippen molar-refractivity contribution in [2.45, 2.75) is 4.90 Å². The Kier molecular flexibility index (Phi) is 5.51. The smallest absolute Gasteiger partial charge is 0.318 e. The predicted octanol–water partition coefficient (Wildman–Crippen LogP) is 3.65. The standard InChI is InChI=1S/C14H13BrClN3O3S/c1-17-14(20)18-10-3-5-11(6-4-10)19-23(21,22)13-7-2-9(15)8-12(13)16/h2-8,19H,1H3,(H2,17,18,20). The summed E-state index contributed by atoms with van der Waals surface area (Å²) < 4.78 is 27.8. The minimum atomic E-state index is -3.80. The Hall–Kier alpha value is -1.77. The summed E-state index contributed by atoms with van der Waals surface area (Å²) in [7, 11) is -2.30. The normalized spacial score (nSPS) is 10.9. The van der Waals surface area contributed by atoms with Gasteiger partial charge in [0.2, 0.25) is 0 Å². The minimum Gasteiger partial charge on any atom is -0.341 e. The summed E-state index contributed by atoms with van der Waals surface area (Å²) in [5.74, 6) is 0. The maximum atomic E-state index is 12.4. The summed E-state index contributed by atoms with van der Waals surface area (Å²) in [6.45, 7) is 0. The van der Waals surface area contributed by atoms with Crippen LogP contribution in [0.4, 0.5) is 16.2 Å². The quantitative estimate of drug-likeness (QED) is 0.708. The molecule has 2 aromatic rings. The van der Waals surface area contributed by atoms with Crippen LogP contribution in [0.5, 0.6) is 0 Å². The van der Waals surface area contributed by atoms with Gasteiger partial charge in [-0.25, -0.2) is 13.2 Å². The van der Waals surface area contributed by atoms with Gasteiger partial charge in [0, 0.05) is 22.9 Å². The maximum Gasteiger partial charge on any atom is 0.318 e. The molecular formula is C14H13BrClN3O3S. The van der Waals surface area contributed by atoms with Crippen molar-refractivity contribution in [2.24, 2.45) is 0 Å². The first-order chi connectivity index (χ1) is 10.8. The SMILES string of the molecule is CNC(=O)Nc1ccc(NS(=O)(=O)c2ccc(Br)cc2Cl)cc1. The van der Waals surface area contributed by atoms with Crippen molar-refractivity contribution < 1.29 is 13.2 Å². The fraction of sp³-hybridized carbons (Fsp3) is 0.0714. The number of nitrogens with one attached hydrogen (secondary N) is 3. The van der Waals surface area contributed by atoms with Crippen molar-refractivity contribution >= 4 is 55.0 Å². The fourth-order valence-corrected chi connectivity index (χ4v) is 3.82. The van der Waals surface area contributed by atoms with Crippen LogP contribution in [-0.2, 0) is 10.0 Å². The maximum absolute atomic E-state index is 12.4. The van der Waals surface area contributed by atoms with Gasteiger partial charge < -0.3 is 10.6 Å². The van der Waals surface area contributed by atoms with Crippen LogP contribution in [-0.4, -0.2) is 21.5 Å². The molecule has 0 heterocycles. The first-order valence-corrected chi connectivity index (χ1v) is 9.04. The van der Waals surface area contributed by atoms with Crippen LogP contribution in [0.1, 0.15) is 0 Å². The number of carbonyl (C=O) groups excluding carboxylic acids is 1. The van der Waals surface area contributed by atoms with E-state index in [1.807, 2.05) is 0 Å². The molecule has 0 aliphatic carbocycles. The zero-order chi connectivity index (χ0) is 17.0. The minimum absolute atomic E-state index is 0.0186. The molecule has 0 aliphatic rings. The van der Waals surface area contributed by atoms with Crippen LogP contribution in [0, 0.1) is 0 Å². The molecule has 0 saturated heterocycles. The third-order valence-electron chi connectivity index (χ3n) is 2.81. The highest BCUT2D eigenvalue weighted by molar-refractivity contribution is 9.10. The summed E-state index contributed by atoms with van der Waals surface area (Å²) in [5.41, 5.74) is 0.889. The van der Waals surface area contributed by atoms with Gasteiger partial charge >= 0.3 is 6.03 Å². The molecule has 9 heteroatoms. The van der Waals surface area contributed by atoms with Gasteiger partial charge in [-0.3, -0.25) is 4.72 Å². The predicted molar refractivity (Wildman–Crippen MR) is 94.5 cm³/mol. The van der Waals surface area contributed by atoms with E-state index in [9.17, 15) is 13.2 Å². The zero-order valence-corrected chi connectivity index (χ0v) is 15.1. The molecule has 0 fully saturated rings. The summed E-state index contributed by atoms with van der Waals surface area (Å²) in [4.78, 5) is 11.2. The number of hydrogen-bond acceptors (Lipinski definition) is 3. The Morgan fingerprint density at radius 3 is 2.26 bits per heavy atom. The van der Waals surface area contributed by atoms with Crippen LogP contribution in [0.3, 0.4) is 0 Å². The number of halogens is 2. The van der Waals surface area contributed by atoms with Gasteiger partial charge in [-0.15, -0.1) is 0 Å². The molecule has 0 saturated carbocycles. The zero-order valence-electron chi connectivity index (χ0n) is 11.9. The third-order valence-corrected chi connectivity index (χ3v) is 5.16. The van der Waals surface area contributed by atoms with Crippen molar-refractivity contribution in [1.29, 1.82) is 0 Å². The molecule has 0 radical (unpaired) electrons.